The largest absolute Gasteiger partial charge is 0.496 e. The van der Waals surface area contributed by atoms with Crippen molar-refractivity contribution in [3.8, 4) is 5.75 Å². The van der Waals surface area contributed by atoms with Crippen molar-refractivity contribution in [2.24, 2.45) is 5.73 Å². The van der Waals surface area contributed by atoms with E-state index in [1.165, 1.54) is 0 Å². The van der Waals surface area contributed by atoms with E-state index in [1.54, 1.807) is 7.11 Å². The lowest BCUT2D eigenvalue weighted by atomic mass is 10.0. The molecule has 0 amide bonds. The van der Waals surface area contributed by atoms with Crippen molar-refractivity contribution >= 4 is 16.5 Å². The molecule has 2 aromatic carbocycles. The van der Waals surface area contributed by atoms with Crippen LogP contribution in [-0.2, 0) is 4.74 Å². The summed E-state index contributed by atoms with van der Waals surface area (Å²) in [7, 11) is 1.69. The molecule has 0 aliphatic rings. The van der Waals surface area contributed by atoms with Gasteiger partial charge in [0.15, 0.2) is 0 Å². The second-order valence-electron chi connectivity index (χ2n) is 4.47. The minimum atomic E-state index is 0.509. The van der Waals surface area contributed by atoms with Crippen LogP contribution < -0.4 is 10.5 Å². The Labute approximate surface area is 120 Å². The number of ether oxygens (including phenoxy) is 2. The summed E-state index contributed by atoms with van der Waals surface area (Å²) in [5, 5.41) is 2.22. The zero-order valence-corrected chi connectivity index (χ0v) is 12.1. The van der Waals surface area contributed by atoms with Gasteiger partial charge in [-0.25, -0.2) is 0 Å². The van der Waals surface area contributed by atoms with Gasteiger partial charge in [0.05, 0.1) is 7.11 Å². The summed E-state index contributed by atoms with van der Waals surface area (Å²) in [4.78, 5) is 0. The normalized spacial score (nSPS) is 11.7. The molecule has 2 N–H and O–H groups in total. The molecule has 2 aromatic rings. The van der Waals surface area contributed by atoms with Gasteiger partial charge in [-0.15, -0.1) is 0 Å². The summed E-state index contributed by atoms with van der Waals surface area (Å²) in [6.07, 6.45) is 3.00. The van der Waals surface area contributed by atoms with E-state index >= 15 is 0 Å². The number of benzene rings is 2. The van der Waals surface area contributed by atoms with Crippen LogP contribution in [-0.4, -0.2) is 20.3 Å². The molecule has 2 rings (SSSR count). The van der Waals surface area contributed by atoms with Crippen molar-refractivity contribution in [2.45, 2.75) is 13.3 Å². The maximum atomic E-state index is 5.79. The number of methoxy groups -OCH3 is 1. The van der Waals surface area contributed by atoms with Crippen LogP contribution in [0.25, 0.3) is 16.5 Å². The van der Waals surface area contributed by atoms with Gasteiger partial charge in [0.25, 0.3) is 0 Å². The average molecular weight is 271 g/mol. The van der Waals surface area contributed by atoms with Gasteiger partial charge in [-0.3, -0.25) is 0 Å². The molecule has 0 saturated carbocycles. The predicted molar refractivity (Wildman–Crippen MR) is 83.8 cm³/mol. The molecule has 106 valence electrons. The summed E-state index contributed by atoms with van der Waals surface area (Å²) in [6, 6.07) is 12.2. The molecule has 0 bridgehead atoms. The van der Waals surface area contributed by atoms with Gasteiger partial charge in [0.2, 0.25) is 0 Å². The van der Waals surface area contributed by atoms with Gasteiger partial charge in [0.1, 0.15) is 18.1 Å². The van der Waals surface area contributed by atoms with Crippen LogP contribution in [0, 0.1) is 0 Å². The van der Waals surface area contributed by atoms with Crippen molar-refractivity contribution < 1.29 is 9.47 Å². The van der Waals surface area contributed by atoms with Gasteiger partial charge in [-0.2, -0.15) is 0 Å². The third-order valence-electron chi connectivity index (χ3n) is 3.13. The van der Waals surface area contributed by atoms with Gasteiger partial charge < -0.3 is 15.2 Å². The van der Waals surface area contributed by atoms with Crippen molar-refractivity contribution in [3.05, 3.63) is 48.0 Å². The zero-order chi connectivity index (χ0) is 14.4. The Morgan fingerprint density at radius 1 is 1.15 bits per heavy atom. The first-order chi connectivity index (χ1) is 9.81. The van der Waals surface area contributed by atoms with Crippen molar-refractivity contribution in [2.75, 3.05) is 20.3 Å². The fourth-order valence-electron chi connectivity index (χ4n) is 2.27. The van der Waals surface area contributed by atoms with Gasteiger partial charge in [-0.05, 0) is 30.0 Å². The van der Waals surface area contributed by atoms with E-state index < -0.39 is 0 Å². The van der Waals surface area contributed by atoms with Crippen LogP contribution in [0.15, 0.2) is 42.5 Å². The minimum Gasteiger partial charge on any atom is -0.496 e. The Bertz CT molecular complexity index is 605. The Hall–Kier alpha value is -2.00. The number of allylic oxidation sites excluding steroid dienone is 1. The molecule has 3 nitrogen and oxygen atoms in total. The molecule has 20 heavy (non-hydrogen) atoms. The fourth-order valence-corrected chi connectivity index (χ4v) is 2.27. The van der Waals surface area contributed by atoms with E-state index in [2.05, 4.69) is 25.1 Å². The molecule has 0 aromatic heterocycles. The number of rotatable bonds is 6. The Morgan fingerprint density at radius 2 is 1.90 bits per heavy atom. The molecule has 0 fully saturated rings. The molecule has 0 spiro atoms. The Morgan fingerprint density at radius 3 is 2.55 bits per heavy atom. The van der Waals surface area contributed by atoms with E-state index in [1.807, 2.05) is 24.3 Å². The standard InChI is InChI=1S/C17H21NO2/c1-3-6-17(20-12-11-18)15-9-10-16(19-2)14-8-5-4-7-13(14)15/h4-10H,3,11-12,18H2,1-2H3. The fraction of sp³-hybridized carbons (Fsp3) is 0.294. The van der Waals surface area contributed by atoms with E-state index in [9.17, 15) is 0 Å². The summed E-state index contributed by atoms with van der Waals surface area (Å²) >= 11 is 0. The highest BCUT2D eigenvalue weighted by atomic mass is 16.5. The summed E-state index contributed by atoms with van der Waals surface area (Å²) in [5.41, 5.74) is 6.62. The molecular weight excluding hydrogens is 250 g/mol. The predicted octanol–water partition coefficient (Wildman–Crippen LogP) is 3.57. The molecule has 0 radical (unpaired) electrons. The quantitative estimate of drug-likeness (QED) is 0.817. The van der Waals surface area contributed by atoms with E-state index in [4.69, 9.17) is 15.2 Å². The first-order valence-electron chi connectivity index (χ1n) is 6.91. The van der Waals surface area contributed by atoms with Crippen LogP contribution in [0.1, 0.15) is 18.9 Å². The van der Waals surface area contributed by atoms with Gasteiger partial charge >= 0.3 is 0 Å². The van der Waals surface area contributed by atoms with Gasteiger partial charge in [-0.1, -0.05) is 31.2 Å². The highest BCUT2D eigenvalue weighted by Gasteiger charge is 2.10. The SMILES string of the molecule is CCC=C(OCCN)c1ccc(OC)c2ccccc12. The second-order valence-corrected chi connectivity index (χ2v) is 4.47. The van der Waals surface area contributed by atoms with Gasteiger partial charge in [0, 0.05) is 17.5 Å². The van der Waals surface area contributed by atoms with E-state index in [0.717, 1.165) is 34.3 Å². The maximum absolute atomic E-state index is 5.79. The van der Waals surface area contributed by atoms with Crippen molar-refractivity contribution in [1.82, 2.24) is 0 Å². The maximum Gasteiger partial charge on any atom is 0.126 e. The molecule has 0 aliphatic heterocycles. The first-order valence-corrected chi connectivity index (χ1v) is 6.91. The van der Waals surface area contributed by atoms with Crippen molar-refractivity contribution in [3.63, 3.8) is 0 Å². The summed E-state index contributed by atoms with van der Waals surface area (Å²) < 4.78 is 11.2. The average Bonchev–Trinajstić information content (AvgIpc) is 2.50. The molecule has 0 heterocycles. The number of hydrogen-bond acceptors (Lipinski definition) is 3. The van der Waals surface area contributed by atoms with Crippen LogP contribution >= 0.6 is 0 Å². The third-order valence-corrected chi connectivity index (χ3v) is 3.13. The highest BCUT2D eigenvalue weighted by molar-refractivity contribution is 5.96. The molecule has 0 atom stereocenters. The lowest BCUT2D eigenvalue weighted by Crippen LogP contribution is -2.08. The molecule has 3 heteroatoms. The third kappa shape index (κ3) is 2.94. The Balaban J connectivity index is 2.55. The summed E-state index contributed by atoms with van der Waals surface area (Å²) in [6.45, 7) is 3.12. The molecule has 0 aliphatic carbocycles. The first kappa shape index (κ1) is 14.4. The lowest BCUT2D eigenvalue weighted by molar-refractivity contribution is 0.287. The highest BCUT2D eigenvalue weighted by Crippen LogP contribution is 2.32. The van der Waals surface area contributed by atoms with E-state index in [0.29, 0.717) is 13.2 Å². The van der Waals surface area contributed by atoms with Crippen molar-refractivity contribution in [1.29, 1.82) is 0 Å². The van der Waals surface area contributed by atoms with Crippen LogP contribution in [0.2, 0.25) is 0 Å². The zero-order valence-electron chi connectivity index (χ0n) is 12.1. The smallest absolute Gasteiger partial charge is 0.126 e. The lowest BCUT2D eigenvalue weighted by Gasteiger charge is -2.14. The summed E-state index contributed by atoms with van der Waals surface area (Å²) in [5.74, 6) is 1.76. The number of nitrogens with two attached hydrogens (primary N) is 1. The molecule has 0 unspecified atom stereocenters. The topological polar surface area (TPSA) is 44.5 Å². The van der Waals surface area contributed by atoms with Crippen LogP contribution in [0.3, 0.4) is 0 Å². The Kier molecular flexibility index (Phi) is 5.02. The molecular formula is C17H21NO2. The monoisotopic (exact) mass is 271 g/mol. The second kappa shape index (κ2) is 6.96. The van der Waals surface area contributed by atoms with E-state index in [-0.39, 0.29) is 0 Å². The molecule has 0 saturated heterocycles. The minimum absolute atomic E-state index is 0.509. The number of hydrogen-bond donors (Lipinski definition) is 1. The van der Waals surface area contributed by atoms with Crippen LogP contribution in [0.4, 0.5) is 0 Å². The number of fused-ring (bicyclic) bond motifs is 1. The van der Waals surface area contributed by atoms with Crippen LogP contribution in [0.5, 0.6) is 5.75 Å².